The predicted molar refractivity (Wildman–Crippen MR) is 113 cm³/mol. The van der Waals surface area contributed by atoms with Crippen molar-refractivity contribution in [3.05, 3.63) is 52.9 Å². The number of hydrogen-bond donors (Lipinski definition) is 2. The lowest BCUT2D eigenvalue weighted by atomic mass is 10.2. The SMILES string of the molecule is I.NC(=O)c1coc(CN=C(N)N2CCN(c3ccc(Cl)cc3)CC2)c1. The lowest BCUT2D eigenvalue weighted by molar-refractivity contribution is 0.0999. The van der Waals surface area contributed by atoms with Gasteiger partial charge >= 0.3 is 0 Å². The molecule has 1 aromatic carbocycles. The molecule has 1 saturated heterocycles. The molecule has 1 fully saturated rings. The Morgan fingerprint density at radius 2 is 1.81 bits per heavy atom. The molecule has 2 heterocycles. The van der Waals surface area contributed by atoms with E-state index in [1.54, 1.807) is 6.07 Å². The standard InChI is InChI=1S/C17H20ClN5O2.HI/c18-13-1-3-14(4-2-13)22-5-7-23(8-6-22)17(20)21-10-15-9-12(11-25-15)16(19)24;/h1-4,9,11H,5-8,10H2,(H2,19,24)(H2,20,21);1H. The van der Waals surface area contributed by atoms with Crippen molar-refractivity contribution >= 4 is 53.1 Å². The maximum atomic E-state index is 11.0. The minimum atomic E-state index is -0.523. The summed E-state index contributed by atoms with van der Waals surface area (Å²) in [6.45, 7) is 3.54. The summed E-state index contributed by atoms with van der Waals surface area (Å²) in [5, 5.41) is 0.733. The Balaban J connectivity index is 0.00000243. The average Bonchev–Trinajstić information content (AvgIpc) is 3.10. The lowest BCUT2D eigenvalue weighted by Crippen LogP contribution is -2.51. The molecular formula is C17H21ClIN5O2. The number of guanidine groups is 1. The molecule has 0 spiro atoms. The Labute approximate surface area is 174 Å². The molecule has 1 aliphatic rings. The van der Waals surface area contributed by atoms with E-state index in [0.717, 1.165) is 36.9 Å². The first-order valence-corrected chi connectivity index (χ1v) is 8.33. The number of carbonyl (C=O) groups excluding carboxylic acids is 1. The monoisotopic (exact) mass is 489 g/mol. The van der Waals surface area contributed by atoms with Crippen LogP contribution in [0, 0.1) is 0 Å². The van der Waals surface area contributed by atoms with E-state index in [9.17, 15) is 4.79 Å². The number of aliphatic imine (C=N–C) groups is 1. The fourth-order valence-corrected chi connectivity index (χ4v) is 2.82. The minimum Gasteiger partial charge on any atom is -0.467 e. The van der Waals surface area contributed by atoms with Crippen LogP contribution in [0.1, 0.15) is 16.1 Å². The van der Waals surface area contributed by atoms with Crippen molar-refractivity contribution in [1.82, 2.24) is 4.90 Å². The van der Waals surface area contributed by atoms with Crippen molar-refractivity contribution in [3.8, 4) is 0 Å². The fourth-order valence-electron chi connectivity index (χ4n) is 2.70. The summed E-state index contributed by atoms with van der Waals surface area (Å²) in [7, 11) is 0. The smallest absolute Gasteiger partial charge is 0.251 e. The molecule has 4 N–H and O–H groups in total. The number of amides is 1. The number of nitrogens with two attached hydrogens (primary N) is 2. The second-order valence-electron chi connectivity index (χ2n) is 5.79. The zero-order valence-electron chi connectivity index (χ0n) is 14.1. The van der Waals surface area contributed by atoms with Crippen LogP contribution in [0.2, 0.25) is 5.02 Å². The Morgan fingerprint density at radius 1 is 1.15 bits per heavy atom. The van der Waals surface area contributed by atoms with Crippen molar-refractivity contribution < 1.29 is 9.21 Å². The average molecular weight is 490 g/mol. The number of furan rings is 1. The van der Waals surface area contributed by atoms with Crippen LogP contribution in [-0.4, -0.2) is 42.9 Å². The molecule has 1 aromatic heterocycles. The zero-order valence-corrected chi connectivity index (χ0v) is 17.2. The van der Waals surface area contributed by atoms with E-state index in [1.807, 2.05) is 29.2 Å². The van der Waals surface area contributed by atoms with E-state index in [1.165, 1.54) is 6.26 Å². The molecule has 3 rings (SSSR count). The van der Waals surface area contributed by atoms with Crippen molar-refractivity contribution in [3.63, 3.8) is 0 Å². The van der Waals surface area contributed by atoms with Gasteiger partial charge in [0.05, 0.1) is 5.56 Å². The zero-order chi connectivity index (χ0) is 17.8. The van der Waals surface area contributed by atoms with Crippen LogP contribution in [-0.2, 0) is 6.54 Å². The summed E-state index contributed by atoms with van der Waals surface area (Å²) >= 11 is 5.93. The van der Waals surface area contributed by atoms with Gasteiger partial charge in [0.15, 0.2) is 5.96 Å². The summed E-state index contributed by atoms with van der Waals surface area (Å²) in [4.78, 5) is 19.7. The Hall–Kier alpha value is -1.94. The van der Waals surface area contributed by atoms with Gasteiger partial charge in [-0.3, -0.25) is 4.79 Å². The maximum Gasteiger partial charge on any atom is 0.251 e. The largest absolute Gasteiger partial charge is 0.467 e. The van der Waals surface area contributed by atoms with Gasteiger partial charge in [-0.15, -0.1) is 24.0 Å². The third-order valence-electron chi connectivity index (χ3n) is 4.13. The third kappa shape index (κ3) is 5.04. The molecule has 0 unspecified atom stereocenters. The number of rotatable bonds is 4. The summed E-state index contributed by atoms with van der Waals surface area (Å²) in [5.74, 6) is 0.495. The molecule has 140 valence electrons. The minimum absolute atomic E-state index is 0. The van der Waals surface area contributed by atoms with Crippen LogP contribution in [0.4, 0.5) is 5.69 Å². The van der Waals surface area contributed by atoms with Crippen LogP contribution in [0.15, 0.2) is 46.0 Å². The Morgan fingerprint density at radius 3 is 2.38 bits per heavy atom. The van der Waals surface area contributed by atoms with Gasteiger partial charge in [0.25, 0.3) is 5.91 Å². The molecule has 0 bridgehead atoms. The number of halogens is 2. The van der Waals surface area contributed by atoms with Gasteiger partial charge < -0.3 is 25.7 Å². The summed E-state index contributed by atoms with van der Waals surface area (Å²) in [6, 6.07) is 9.40. The molecule has 26 heavy (non-hydrogen) atoms. The van der Waals surface area contributed by atoms with Crippen molar-refractivity contribution in [2.45, 2.75) is 6.54 Å². The van der Waals surface area contributed by atoms with Gasteiger partial charge in [0.1, 0.15) is 18.6 Å². The number of carbonyl (C=O) groups is 1. The number of anilines is 1. The van der Waals surface area contributed by atoms with Crippen molar-refractivity contribution in [2.24, 2.45) is 16.5 Å². The van der Waals surface area contributed by atoms with Gasteiger partial charge in [-0.25, -0.2) is 4.99 Å². The summed E-state index contributed by atoms with van der Waals surface area (Å²) in [5.41, 5.74) is 12.7. The van der Waals surface area contributed by atoms with Crippen LogP contribution in [0.3, 0.4) is 0 Å². The first-order chi connectivity index (χ1) is 12.0. The fraction of sp³-hybridized carbons (Fsp3) is 0.294. The molecule has 1 amide bonds. The van der Waals surface area contributed by atoms with E-state index in [4.69, 9.17) is 27.5 Å². The molecule has 1 aliphatic heterocycles. The third-order valence-corrected chi connectivity index (χ3v) is 4.38. The van der Waals surface area contributed by atoms with Gasteiger partial charge in [-0.1, -0.05) is 11.6 Å². The molecule has 0 aliphatic carbocycles. The predicted octanol–water partition coefficient (Wildman–Crippen LogP) is 2.29. The second-order valence-corrected chi connectivity index (χ2v) is 6.23. The van der Waals surface area contributed by atoms with Gasteiger partial charge in [0.2, 0.25) is 0 Å². The summed E-state index contributed by atoms with van der Waals surface area (Å²) in [6.07, 6.45) is 1.33. The molecule has 9 heteroatoms. The normalized spacial score (nSPS) is 14.9. The second kappa shape index (κ2) is 9.13. The van der Waals surface area contributed by atoms with E-state index in [0.29, 0.717) is 17.3 Å². The highest BCUT2D eigenvalue weighted by atomic mass is 127. The van der Waals surface area contributed by atoms with Crippen LogP contribution in [0.25, 0.3) is 0 Å². The first-order valence-electron chi connectivity index (χ1n) is 7.95. The number of hydrogen-bond acceptors (Lipinski definition) is 4. The highest BCUT2D eigenvalue weighted by Gasteiger charge is 2.18. The molecule has 0 radical (unpaired) electrons. The van der Waals surface area contributed by atoms with Crippen molar-refractivity contribution in [1.29, 1.82) is 0 Å². The Bertz CT molecular complexity index is 770. The molecular weight excluding hydrogens is 469 g/mol. The molecule has 0 saturated carbocycles. The van der Waals surface area contributed by atoms with Crippen LogP contribution in [0.5, 0.6) is 0 Å². The molecule has 0 atom stereocenters. The van der Waals surface area contributed by atoms with Gasteiger partial charge in [0, 0.05) is 36.9 Å². The van der Waals surface area contributed by atoms with Crippen molar-refractivity contribution in [2.75, 3.05) is 31.1 Å². The maximum absolute atomic E-state index is 11.0. The molecule has 7 nitrogen and oxygen atoms in total. The van der Waals surface area contributed by atoms with E-state index in [2.05, 4.69) is 9.89 Å². The first kappa shape index (κ1) is 20.4. The molecule has 2 aromatic rings. The quantitative estimate of drug-likeness (QED) is 0.390. The highest BCUT2D eigenvalue weighted by Crippen LogP contribution is 2.19. The number of nitrogens with zero attached hydrogens (tertiary/aromatic N) is 3. The van der Waals surface area contributed by atoms with Crippen LogP contribution < -0.4 is 16.4 Å². The lowest BCUT2D eigenvalue weighted by Gasteiger charge is -2.36. The number of benzene rings is 1. The van der Waals surface area contributed by atoms with Crippen LogP contribution >= 0.6 is 35.6 Å². The number of primary amides is 1. The van der Waals surface area contributed by atoms with E-state index >= 15 is 0 Å². The van der Waals surface area contributed by atoms with Gasteiger partial charge in [-0.05, 0) is 30.3 Å². The topological polar surface area (TPSA) is 101 Å². The highest BCUT2D eigenvalue weighted by molar-refractivity contribution is 14.0. The number of piperazine rings is 1. The van der Waals surface area contributed by atoms with Gasteiger partial charge in [-0.2, -0.15) is 0 Å². The van der Waals surface area contributed by atoms with E-state index < -0.39 is 5.91 Å². The summed E-state index contributed by atoms with van der Waals surface area (Å²) < 4.78 is 5.25. The van der Waals surface area contributed by atoms with E-state index in [-0.39, 0.29) is 30.5 Å². The Kier molecular flexibility index (Phi) is 7.15.